The first-order valence-electron chi connectivity index (χ1n) is 5.89. The minimum absolute atomic E-state index is 0. The van der Waals surface area contributed by atoms with Gasteiger partial charge < -0.3 is 4.74 Å². The first kappa shape index (κ1) is 19.0. The fraction of sp³-hybridized carbons (Fsp3) is 0.600. The van der Waals surface area contributed by atoms with Crippen molar-refractivity contribution < 1.29 is 9.53 Å². The van der Waals surface area contributed by atoms with E-state index in [1.54, 1.807) is 18.3 Å². The average Bonchev–Trinajstić information content (AvgIpc) is 2.31. The van der Waals surface area contributed by atoms with Crippen LogP contribution in [0.3, 0.4) is 0 Å². The number of pyridine rings is 1. The molecule has 0 unspecified atom stereocenters. The van der Waals surface area contributed by atoms with Crippen LogP contribution in [0.5, 0.6) is 0 Å². The normalized spacial score (nSPS) is 9.28. The molecule has 0 aromatic carbocycles. The second-order valence-electron chi connectivity index (χ2n) is 3.85. The minimum atomic E-state index is -0.264. The van der Waals surface area contributed by atoms with Gasteiger partial charge >= 0.3 is 5.97 Å². The lowest BCUT2D eigenvalue weighted by Crippen LogP contribution is -2.18. The third kappa shape index (κ3) is 6.38. The molecule has 0 aliphatic rings. The second kappa shape index (κ2) is 10.8. The second-order valence-corrected chi connectivity index (χ2v) is 3.85. The number of carbonyl (C=O) groups is 1. The number of ether oxygens (including phenoxy) is 1. The molecule has 3 heteroatoms. The van der Waals surface area contributed by atoms with Gasteiger partial charge in [0.15, 0.2) is 0 Å². The van der Waals surface area contributed by atoms with Crippen molar-refractivity contribution in [2.24, 2.45) is 0 Å². The van der Waals surface area contributed by atoms with Crippen molar-refractivity contribution in [3.8, 4) is 0 Å². The molecule has 0 atom stereocenters. The molecule has 1 aromatic heterocycles. The molecule has 3 nitrogen and oxygen atoms in total. The topological polar surface area (TPSA) is 39.2 Å². The van der Waals surface area contributed by atoms with Crippen molar-refractivity contribution in [2.45, 2.75) is 60.5 Å². The Morgan fingerprint density at radius 2 is 1.89 bits per heavy atom. The summed E-state index contributed by atoms with van der Waals surface area (Å²) in [5.41, 5.74) is 0.528. The van der Waals surface area contributed by atoms with Crippen molar-refractivity contribution in [3.05, 3.63) is 30.1 Å². The van der Waals surface area contributed by atoms with Crippen LogP contribution >= 0.6 is 0 Å². The van der Waals surface area contributed by atoms with E-state index in [2.05, 4.69) is 18.8 Å². The maximum Gasteiger partial charge on any atom is 0.339 e. The number of hydrogen-bond donors (Lipinski definition) is 0. The highest BCUT2D eigenvalue weighted by molar-refractivity contribution is 5.89. The van der Waals surface area contributed by atoms with Gasteiger partial charge in [-0.2, -0.15) is 0 Å². The first-order chi connectivity index (χ1) is 7.77. The van der Waals surface area contributed by atoms with Gasteiger partial charge in [0.05, 0.1) is 5.56 Å². The van der Waals surface area contributed by atoms with E-state index in [9.17, 15) is 4.79 Å². The maximum atomic E-state index is 11.7. The van der Waals surface area contributed by atoms with Crippen LogP contribution in [0.2, 0.25) is 0 Å². The lowest BCUT2D eigenvalue weighted by atomic mass is 10.1. The molecule has 0 N–H and O–H groups in total. The van der Waals surface area contributed by atoms with Crippen molar-refractivity contribution in [1.82, 2.24) is 4.98 Å². The number of rotatable bonds is 6. The van der Waals surface area contributed by atoms with E-state index in [0.717, 1.165) is 25.7 Å². The third-order valence-corrected chi connectivity index (χ3v) is 2.39. The van der Waals surface area contributed by atoms with Gasteiger partial charge in [-0.25, -0.2) is 4.79 Å². The molecule has 0 saturated heterocycles. The zero-order valence-corrected chi connectivity index (χ0v) is 9.98. The maximum absolute atomic E-state index is 11.7. The third-order valence-electron chi connectivity index (χ3n) is 2.39. The van der Waals surface area contributed by atoms with Gasteiger partial charge in [0.2, 0.25) is 0 Å². The molecular formula is C15H27NO2. The van der Waals surface area contributed by atoms with Gasteiger partial charge in [-0.05, 0) is 25.0 Å². The lowest BCUT2D eigenvalue weighted by Gasteiger charge is -2.16. The fourth-order valence-electron chi connectivity index (χ4n) is 1.61. The molecule has 0 radical (unpaired) electrons. The predicted octanol–water partition coefficient (Wildman–Crippen LogP) is 4.48. The summed E-state index contributed by atoms with van der Waals surface area (Å²) < 4.78 is 5.44. The summed E-state index contributed by atoms with van der Waals surface area (Å²) in [6, 6.07) is 3.47. The quantitative estimate of drug-likeness (QED) is 0.702. The number of hydrogen-bond acceptors (Lipinski definition) is 3. The Hall–Kier alpha value is -1.38. The van der Waals surface area contributed by atoms with E-state index in [1.165, 1.54) is 6.20 Å². The van der Waals surface area contributed by atoms with Gasteiger partial charge in [-0.1, -0.05) is 41.5 Å². The summed E-state index contributed by atoms with van der Waals surface area (Å²) in [4.78, 5) is 15.6. The van der Waals surface area contributed by atoms with Gasteiger partial charge in [-0.15, -0.1) is 0 Å². The smallest absolute Gasteiger partial charge is 0.339 e. The van der Waals surface area contributed by atoms with E-state index in [1.807, 2.05) is 0 Å². The van der Waals surface area contributed by atoms with Crippen LogP contribution in [-0.2, 0) is 4.74 Å². The Balaban J connectivity index is 0. The minimum Gasteiger partial charge on any atom is -0.459 e. The Kier molecular flexibility index (Phi) is 11.3. The van der Waals surface area contributed by atoms with E-state index in [4.69, 9.17) is 4.74 Å². The van der Waals surface area contributed by atoms with E-state index in [0.29, 0.717) is 5.56 Å². The van der Waals surface area contributed by atoms with Crippen LogP contribution in [-0.4, -0.2) is 17.1 Å². The largest absolute Gasteiger partial charge is 0.459 e. The SMILES string of the molecule is C.C.CCCC(CCC)OC(=O)c1cccnc1. The summed E-state index contributed by atoms with van der Waals surface area (Å²) in [6.07, 6.45) is 7.15. The summed E-state index contributed by atoms with van der Waals surface area (Å²) in [5, 5.41) is 0. The summed E-state index contributed by atoms with van der Waals surface area (Å²) in [5.74, 6) is -0.264. The van der Waals surface area contributed by atoms with Crippen molar-refractivity contribution in [1.29, 1.82) is 0 Å². The van der Waals surface area contributed by atoms with E-state index >= 15 is 0 Å². The molecule has 0 fully saturated rings. The molecular weight excluding hydrogens is 226 g/mol. The molecule has 0 saturated carbocycles. The first-order valence-corrected chi connectivity index (χ1v) is 5.89. The molecule has 1 heterocycles. The highest BCUT2D eigenvalue weighted by Crippen LogP contribution is 2.12. The Bertz CT molecular complexity index is 306. The molecule has 0 bridgehead atoms. The number of carbonyl (C=O) groups excluding carboxylic acids is 1. The summed E-state index contributed by atoms with van der Waals surface area (Å²) in [6.45, 7) is 4.20. The van der Waals surface area contributed by atoms with Gasteiger partial charge in [0, 0.05) is 12.4 Å². The zero-order chi connectivity index (χ0) is 11.8. The average molecular weight is 253 g/mol. The van der Waals surface area contributed by atoms with Crippen molar-refractivity contribution in [3.63, 3.8) is 0 Å². The monoisotopic (exact) mass is 253 g/mol. The van der Waals surface area contributed by atoms with E-state index < -0.39 is 0 Å². The van der Waals surface area contributed by atoms with Crippen LogP contribution in [0.4, 0.5) is 0 Å². The Labute approximate surface area is 112 Å². The highest BCUT2D eigenvalue weighted by atomic mass is 16.5. The number of esters is 1. The highest BCUT2D eigenvalue weighted by Gasteiger charge is 2.14. The zero-order valence-electron chi connectivity index (χ0n) is 9.98. The van der Waals surface area contributed by atoms with Crippen molar-refractivity contribution >= 4 is 5.97 Å². The van der Waals surface area contributed by atoms with Crippen LogP contribution < -0.4 is 0 Å². The number of nitrogens with zero attached hydrogens (tertiary/aromatic N) is 1. The molecule has 18 heavy (non-hydrogen) atoms. The summed E-state index contributed by atoms with van der Waals surface area (Å²) in [7, 11) is 0. The van der Waals surface area contributed by atoms with Crippen molar-refractivity contribution in [2.75, 3.05) is 0 Å². The number of aromatic nitrogens is 1. The Morgan fingerprint density at radius 1 is 1.28 bits per heavy atom. The molecule has 104 valence electrons. The standard InChI is InChI=1S/C13H19NO2.2CH4/c1-3-6-12(7-4-2)16-13(15)11-8-5-9-14-10-11;;/h5,8-10,12H,3-4,6-7H2,1-2H3;2*1H4. The van der Waals surface area contributed by atoms with E-state index in [-0.39, 0.29) is 26.9 Å². The molecule has 1 rings (SSSR count). The molecule has 0 amide bonds. The molecule has 1 aromatic rings. The molecule has 0 aliphatic carbocycles. The van der Waals surface area contributed by atoms with Crippen LogP contribution in [0.1, 0.15) is 64.7 Å². The molecule has 0 spiro atoms. The van der Waals surface area contributed by atoms with Gasteiger partial charge in [0.1, 0.15) is 6.10 Å². The molecule has 0 aliphatic heterocycles. The van der Waals surface area contributed by atoms with Crippen LogP contribution in [0, 0.1) is 0 Å². The van der Waals surface area contributed by atoms with Crippen LogP contribution in [0.25, 0.3) is 0 Å². The fourth-order valence-corrected chi connectivity index (χ4v) is 1.61. The van der Waals surface area contributed by atoms with Gasteiger partial charge in [0.25, 0.3) is 0 Å². The Morgan fingerprint density at radius 3 is 2.33 bits per heavy atom. The summed E-state index contributed by atoms with van der Waals surface area (Å²) >= 11 is 0. The van der Waals surface area contributed by atoms with Gasteiger partial charge in [-0.3, -0.25) is 4.98 Å². The lowest BCUT2D eigenvalue weighted by molar-refractivity contribution is 0.0258. The van der Waals surface area contributed by atoms with Crippen LogP contribution in [0.15, 0.2) is 24.5 Å². The predicted molar refractivity (Wildman–Crippen MR) is 76.7 cm³/mol.